The number of carbonyl (C=O) groups is 1. The molecular formula is C18H21NO4S. The molecule has 0 bridgehead atoms. The number of carbonyl (C=O) groups excluding carboxylic acids is 1. The summed E-state index contributed by atoms with van der Waals surface area (Å²) < 4.78 is 29.1. The zero-order chi connectivity index (χ0) is 17.3. The lowest BCUT2D eigenvalue weighted by molar-refractivity contribution is 0.0665. The van der Waals surface area contributed by atoms with Crippen LogP contribution in [0.5, 0.6) is 0 Å². The van der Waals surface area contributed by atoms with Gasteiger partial charge in [-0.1, -0.05) is 17.7 Å². The lowest BCUT2D eigenvalue weighted by atomic mass is 10.0. The first-order valence-electron chi connectivity index (χ1n) is 7.97. The summed E-state index contributed by atoms with van der Waals surface area (Å²) in [6.07, 6.45) is 2.03. The molecule has 128 valence electrons. The summed E-state index contributed by atoms with van der Waals surface area (Å²) in [5.41, 5.74) is 2.50. The summed E-state index contributed by atoms with van der Waals surface area (Å²) in [5.74, 6) is 0.657. The summed E-state index contributed by atoms with van der Waals surface area (Å²) in [4.78, 5) is 14.8. The normalized spacial score (nSPS) is 19.3. The number of benzene rings is 1. The fourth-order valence-electron chi connectivity index (χ4n) is 3.08. The average molecular weight is 347 g/mol. The summed E-state index contributed by atoms with van der Waals surface area (Å²) in [5, 5.41) is 0. The molecule has 5 nitrogen and oxygen atoms in total. The van der Waals surface area contributed by atoms with Gasteiger partial charge in [0, 0.05) is 11.6 Å². The van der Waals surface area contributed by atoms with Crippen LogP contribution in [0.2, 0.25) is 0 Å². The Bertz CT molecular complexity index is 840. The summed E-state index contributed by atoms with van der Waals surface area (Å²) in [6.45, 7) is 4.11. The maximum atomic E-state index is 13.1. The Balaban J connectivity index is 1.94. The molecule has 2 aromatic rings. The van der Waals surface area contributed by atoms with Crippen molar-refractivity contribution in [2.24, 2.45) is 0 Å². The minimum absolute atomic E-state index is 0.0182. The fourth-order valence-corrected chi connectivity index (χ4v) is 4.81. The van der Waals surface area contributed by atoms with Crippen LogP contribution in [-0.2, 0) is 16.4 Å². The van der Waals surface area contributed by atoms with Gasteiger partial charge in [-0.3, -0.25) is 4.79 Å². The highest BCUT2D eigenvalue weighted by Crippen LogP contribution is 2.24. The predicted molar refractivity (Wildman–Crippen MR) is 91.6 cm³/mol. The topological polar surface area (TPSA) is 67.6 Å². The molecule has 6 heteroatoms. The molecule has 1 atom stereocenters. The van der Waals surface area contributed by atoms with E-state index in [9.17, 15) is 13.2 Å². The predicted octanol–water partition coefficient (Wildman–Crippen LogP) is 2.73. The van der Waals surface area contributed by atoms with Crippen molar-refractivity contribution in [2.45, 2.75) is 32.9 Å². The molecule has 24 heavy (non-hydrogen) atoms. The SMILES string of the molecule is Cc1ccc(C)c(C(=O)N(Cc2ccco2)[C@@H]2CCS(=O)(=O)C2)c1. The summed E-state index contributed by atoms with van der Waals surface area (Å²) in [6, 6.07) is 8.99. The number of rotatable bonds is 4. The highest BCUT2D eigenvalue weighted by atomic mass is 32.2. The molecule has 1 aromatic heterocycles. The Morgan fingerprint density at radius 3 is 2.71 bits per heavy atom. The number of sulfone groups is 1. The third-order valence-corrected chi connectivity index (χ3v) is 6.19. The number of amides is 1. The third kappa shape index (κ3) is 3.53. The van der Waals surface area contributed by atoms with E-state index in [1.165, 1.54) is 0 Å². The van der Waals surface area contributed by atoms with Gasteiger partial charge in [-0.05, 0) is 44.0 Å². The van der Waals surface area contributed by atoms with Gasteiger partial charge in [-0.2, -0.15) is 0 Å². The lowest BCUT2D eigenvalue weighted by Crippen LogP contribution is -2.40. The summed E-state index contributed by atoms with van der Waals surface area (Å²) in [7, 11) is -3.08. The minimum Gasteiger partial charge on any atom is -0.467 e. The maximum absolute atomic E-state index is 13.1. The second-order valence-electron chi connectivity index (χ2n) is 6.39. The van der Waals surface area contributed by atoms with Crippen molar-refractivity contribution in [2.75, 3.05) is 11.5 Å². The highest BCUT2D eigenvalue weighted by molar-refractivity contribution is 7.91. The van der Waals surface area contributed by atoms with Crippen LogP contribution in [0, 0.1) is 13.8 Å². The second-order valence-corrected chi connectivity index (χ2v) is 8.62. The molecule has 3 rings (SSSR count). The van der Waals surface area contributed by atoms with E-state index >= 15 is 0 Å². The smallest absolute Gasteiger partial charge is 0.254 e. The lowest BCUT2D eigenvalue weighted by Gasteiger charge is -2.28. The van der Waals surface area contributed by atoms with Crippen LogP contribution >= 0.6 is 0 Å². The monoisotopic (exact) mass is 347 g/mol. The third-order valence-electron chi connectivity index (χ3n) is 4.44. The van der Waals surface area contributed by atoms with Gasteiger partial charge in [0.2, 0.25) is 0 Å². The minimum atomic E-state index is -3.08. The molecule has 0 aliphatic carbocycles. The number of aryl methyl sites for hydroxylation is 2. The van der Waals surface area contributed by atoms with Crippen molar-refractivity contribution < 1.29 is 17.6 Å². The van der Waals surface area contributed by atoms with Crippen molar-refractivity contribution in [3.05, 3.63) is 59.0 Å². The standard InChI is InChI=1S/C18H21NO4S/c1-13-5-6-14(2)17(10-13)18(20)19(11-16-4-3-8-23-16)15-7-9-24(21,22)12-15/h3-6,8,10,15H,7,9,11-12H2,1-2H3/t15-/m1/s1. The van der Waals surface area contributed by atoms with E-state index in [1.807, 2.05) is 32.0 Å². The molecule has 1 aliphatic heterocycles. The molecular weight excluding hydrogens is 326 g/mol. The molecule has 0 N–H and O–H groups in total. The Labute approximate surface area is 142 Å². The van der Waals surface area contributed by atoms with Crippen LogP contribution in [0.15, 0.2) is 41.0 Å². The number of hydrogen-bond donors (Lipinski definition) is 0. The van der Waals surface area contributed by atoms with Gasteiger partial charge in [0.05, 0.1) is 24.3 Å². The number of nitrogens with zero attached hydrogens (tertiary/aromatic N) is 1. The molecule has 1 fully saturated rings. The van der Waals surface area contributed by atoms with Crippen LogP contribution in [0.4, 0.5) is 0 Å². The van der Waals surface area contributed by atoms with Gasteiger partial charge in [0.1, 0.15) is 5.76 Å². The second kappa shape index (κ2) is 6.43. The highest BCUT2D eigenvalue weighted by Gasteiger charge is 2.35. The van der Waals surface area contributed by atoms with Crippen LogP contribution in [0.1, 0.15) is 33.7 Å². The molecule has 0 spiro atoms. The first-order valence-corrected chi connectivity index (χ1v) is 9.79. The van der Waals surface area contributed by atoms with Crippen molar-refractivity contribution in [3.8, 4) is 0 Å². The molecule has 1 amide bonds. The van der Waals surface area contributed by atoms with Gasteiger partial charge in [0.15, 0.2) is 9.84 Å². The van der Waals surface area contributed by atoms with Gasteiger partial charge in [-0.25, -0.2) is 8.42 Å². The molecule has 0 saturated carbocycles. The van der Waals surface area contributed by atoms with E-state index in [0.717, 1.165) is 11.1 Å². The van der Waals surface area contributed by atoms with E-state index < -0.39 is 9.84 Å². The first-order chi connectivity index (χ1) is 11.4. The Morgan fingerprint density at radius 1 is 1.29 bits per heavy atom. The fraction of sp³-hybridized carbons (Fsp3) is 0.389. The molecule has 1 aliphatic rings. The average Bonchev–Trinajstić information content (AvgIpc) is 3.16. The summed E-state index contributed by atoms with van der Waals surface area (Å²) >= 11 is 0. The maximum Gasteiger partial charge on any atom is 0.254 e. The number of hydrogen-bond acceptors (Lipinski definition) is 4. The molecule has 0 radical (unpaired) electrons. The largest absolute Gasteiger partial charge is 0.467 e. The number of furan rings is 1. The van der Waals surface area contributed by atoms with Gasteiger partial charge in [0.25, 0.3) is 5.91 Å². The first kappa shape index (κ1) is 16.8. The van der Waals surface area contributed by atoms with Crippen molar-refractivity contribution in [3.63, 3.8) is 0 Å². The van der Waals surface area contributed by atoms with E-state index in [0.29, 0.717) is 17.7 Å². The van der Waals surface area contributed by atoms with Gasteiger partial charge < -0.3 is 9.32 Å². The molecule has 1 aromatic carbocycles. The Kier molecular flexibility index (Phi) is 4.49. The van der Waals surface area contributed by atoms with E-state index in [1.54, 1.807) is 23.3 Å². The Morgan fingerprint density at radius 2 is 2.08 bits per heavy atom. The van der Waals surface area contributed by atoms with E-state index in [-0.39, 0.29) is 30.0 Å². The molecule has 0 unspecified atom stereocenters. The van der Waals surface area contributed by atoms with Crippen LogP contribution in [-0.4, -0.2) is 36.8 Å². The van der Waals surface area contributed by atoms with Crippen LogP contribution in [0.3, 0.4) is 0 Å². The van der Waals surface area contributed by atoms with Crippen molar-refractivity contribution >= 4 is 15.7 Å². The molecule has 2 heterocycles. The van der Waals surface area contributed by atoms with Crippen molar-refractivity contribution in [1.29, 1.82) is 0 Å². The quantitative estimate of drug-likeness (QED) is 0.853. The van der Waals surface area contributed by atoms with Crippen LogP contribution in [0.25, 0.3) is 0 Å². The van der Waals surface area contributed by atoms with Gasteiger partial charge in [-0.15, -0.1) is 0 Å². The zero-order valence-corrected chi connectivity index (χ0v) is 14.7. The Hall–Kier alpha value is -2.08. The van der Waals surface area contributed by atoms with Crippen molar-refractivity contribution in [1.82, 2.24) is 4.90 Å². The van der Waals surface area contributed by atoms with E-state index in [2.05, 4.69) is 0 Å². The van der Waals surface area contributed by atoms with Gasteiger partial charge >= 0.3 is 0 Å². The molecule has 1 saturated heterocycles. The van der Waals surface area contributed by atoms with Crippen LogP contribution < -0.4 is 0 Å². The zero-order valence-electron chi connectivity index (χ0n) is 13.9. The van der Waals surface area contributed by atoms with E-state index in [4.69, 9.17) is 4.42 Å².